The van der Waals surface area contributed by atoms with Gasteiger partial charge in [-0.3, -0.25) is 11.3 Å². The first-order valence-electron chi connectivity index (χ1n) is 6.84. The molecule has 1 aliphatic heterocycles. The quantitative estimate of drug-likeness (QED) is 0.520. The van der Waals surface area contributed by atoms with Gasteiger partial charge in [0, 0.05) is 12.6 Å². The second-order valence-electron chi connectivity index (χ2n) is 5.22. The molecule has 1 fully saturated rings. The van der Waals surface area contributed by atoms with Crippen LogP contribution >= 0.6 is 0 Å². The number of ether oxygens (including phenoxy) is 1. The summed E-state index contributed by atoms with van der Waals surface area (Å²) in [5.74, 6) is 6.39. The van der Waals surface area contributed by atoms with E-state index < -0.39 is 0 Å². The molecular weight excluding hydrogens is 200 g/mol. The lowest BCUT2D eigenvalue weighted by Crippen LogP contribution is -2.40. The summed E-state index contributed by atoms with van der Waals surface area (Å²) in [6.45, 7) is 5.49. The highest BCUT2D eigenvalue weighted by molar-refractivity contribution is 4.74. The molecule has 0 radical (unpaired) electrons. The van der Waals surface area contributed by atoms with Crippen molar-refractivity contribution in [2.45, 2.75) is 70.9 Å². The van der Waals surface area contributed by atoms with Crippen molar-refractivity contribution in [3.8, 4) is 0 Å². The topological polar surface area (TPSA) is 47.3 Å². The Morgan fingerprint density at radius 1 is 1.44 bits per heavy atom. The van der Waals surface area contributed by atoms with Crippen molar-refractivity contribution < 1.29 is 4.74 Å². The lowest BCUT2D eigenvalue weighted by Gasteiger charge is -2.28. The van der Waals surface area contributed by atoms with Gasteiger partial charge >= 0.3 is 0 Å². The van der Waals surface area contributed by atoms with Gasteiger partial charge in [-0.2, -0.15) is 0 Å². The zero-order chi connectivity index (χ0) is 11.8. The molecule has 0 amide bonds. The van der Waals surface area contributed by atoms with Crippen LogP contribution in [0.3, 0.4) is 0 Å². The van der Waals surface area contributed by atoms with E-state index in [1.807, 2.05) is 0 Å². The van der Waals surface area contributed by atoms with E-state index >= 15 is 0 Å². The van der Waals surface area contributed by atoms with E-state index in [-0.39, 0.29) is 0 Å². The molecule has 0 aromatic rings. The molecule has 3 heteroatoms. The maximum absolute atomic E-state index is 5.76. The SMILES string of the molecule is CCCC(C)CC(CC1CCCCO1)NN. The summed E-state index contributed by atoms with van der Waals surface area (Å²) in [5, 5.41) is 0. The lowest BCUT2D eigenvalue weighted by atomic mass is 9.93. The van der Waals surface area contributed by atoms with Crippen LogP contribution in [0.2, 0.25) is 0 Å². The highest BCUT2D eigenvalue weighted by atomic mass is 16.5. The van der Waals surface area contributed by atoms with Crippen LogP contribution in [0.5, 0.6) is 0 Å². The van der Waals surface area contributed by atoms with Crippen molar-refractivity contribution in [2.75, 3.05) is 6.61 Å². The van der Waals surface area contributed by atoms with E-state index in [2.05, 4.69) is 19.3 Å². The average molecular weight is 228 g/mol. The van der Waals surface area contributed by atoms with E-state index in [1.54, 1.807) is 0 Å². The molecule has 16 heavy (non-hydrogen) atoms. The van der Waals surface area contributed by atoms with E-state index in [1.165, 1.54) is 38.5 Å². The molecule has 3 N–H and O–H groups in total. The molecule has 3 atom stereocenters. The van der Waals surface area contributed by atoms with Gasteiger partial charge in [0.25, 0.3) is 0 Å². The summed E-state index contributed by atoms with van der Waals surface area (Å²) in [6.07, 6.45) is 8.98. The number of hydrogen-bond acceptors (Lipinski definition) is 3. The Balaban J connectivity index is 2.24. The zero-order valence-electron chi connectivity index (χ0n) is 10.9. The summed E-state index contributed by atoms with van der Waals surface area (Å²) >= 11 is 0. The predicted molar refractivity (Wildman–Crippen MR) is 68.0 cm³/mol. The molecule has 1 saturated heterocycles. The molecule has 96 valence electrons. The molecule has 3 unspecified atom stereocenters. The van der Waals surface area contributed by atoms with Crippen LogP contribution in [-0.2, 0) is 4.74 Å². The molecule has 0 spiro atoms. The van der Waals surface area contributed by atoms with Gasteiger partial charge in [-0.15, -0.1) is 0 Å². The van der Waals surface area contributed by atoms with Crippen LogP contribution in [-0.4, -0.2) is 18.8 Å². The van der Waals surface area contributed by atoms with Gasteiger partial charge in [0.15, 0.2) is 0 Å². The largest absolute Gasteiger partial charge is 0.378 e. The molecule has 0 aliphatic carbocycles. The Kier molecular flexibility index (Phi) is 7.01. The minimum atomic E-state index is 0.421. The van der Waals surface area contributed by atoms with Crippen LogP contribution in [0.15, 0.2) is 0 Å². The van der Waals surface area contributed by atoms with Crippen molar-refractivity contribution in [3.05, 3.63) is 0 Å². The second kappa shape index (κ2) is 8.04. The highest BCUT2D eigenvalue weighted by Crippen LogP contribution is 2.21. The standard InChI is InChI=1S/C13H28N2O/c1-3-6-11(2)9-12(15-14)10-13-7-4-5-8-16-13/h11-13,15H,3-10,14H2,1-2H3. The van der Waals surface area contributed by atoms with Crippen LogP contribution in [0.4, 0.5) is 0 Å². The summed E-state index contributed by atoms with van der Waals surface area (Å²) in [5.41, 5.74) is 2.96. The first-order chi connectivity index (χ1) is 7.76. The fraction of sp³-hybridized carbons (Fsp3) is 1.00. The van der Waals surface area contributed by atoms with E-state index in [9.17, 15) is 0 Å². The fourth-order valence-electron chi connectivity index (χ4n) is 2.64. The number of rotatable bonds is 7. The summed E-state index contributed by atoms with van der Waals surface area (Å²) in [7, 11) is 0. The smallest absolute Gasteiger partial charge is 0.0590 e. The number of hydrazine groups is 1. The van der Waals surface area contributed by atoms with E-state index in [0.29, 0.717) is 12.1 Å². The first-order valence-corrected chi connectivity index (χ1v) is 6.84. The minimum Gasteiger partial charge on any atom is -0.378 e. The van der Waals surface area contributed by atoms with Crippen LogP contribution in [0.1, 0.15) is 58.8 Å². The van der Waals surface area contributed by atoms with Crippen molar-refractivity contribution in [1.82, 2.24) is 5.43 Å². The van der Waals surface area contributed by atoms with Crippen LogP contribution in [0.25, 0.3) is 0 Å². The third-order valence-corrected chi connectivity index (χ3v) is 3.53. The van der Waals surface area contributed by atoms with E-state index in [4.69, 9.17) is 10.6 Å². The Bertz CT molecular complexity index is 169. The Labute approximate surface area is 100 Å². The molecule has 0 bridgehead atoms. The van der Waals surface area contributed by atoms with Gasteiger partial charge in [-0.1, -0.05) is 26.7 Å². The van der Waals surface area contributed by atoms with Gasteiger partial charge in [-0.05, 0) is 38.0 Å². The first kappa shape index (κ1) is 13.9. The minimum absolute atomic E-state index is 0.421. The van der Waals surface area contributed by atoms with E-state index in [0.717, 1.165) is 18.9 Å². The highest BCUT2D eigenvalue weighted by Gasteiger charge is 2.20. The fourth-order valence-corrected chi connectivity index (χ4v) is 2.64. The predicted octanol–water partition coefficient (Wildman–Crippen LogP) is 2.60. The average Bonchev–Trinajstić information content (AvgIpc) is 2.30. The molecule has 3 nitrogen and oxygen atoms in total. The summed E-state index contributed by atoms with van der Waals surface area (Å²) in [4.78, 5) is 0. The van der Waals surface area contributed by atoms with Gasteiger partial charge in [0.1, 0.15) is 0 Å². The normalized spacial score (nSPS) is 25.3. The molecule has 0 saturated carbocycles. The Morgan fingerprint density at radius 2 is 2.25 bits per heavy atom. The number of hydrogen-bond donors (Lipinski definition) is 2. The van der Waals surface area contributed by atoms with Gasteiger partial charge in [0.05, 0.1) is 6.10 Å². The number of nitrogens with two attached hydrogens (primary N) is 1. The molecule has 0 aromatic heterocycles. The van der Waals surface area contributed by atoms with Crippen molar-refractivity contribution in [3.63, 3.8) is 0 Å². The van der Waals surface area contributed by atoms with Gasteiger partial charge in [0.2, 0.25) is 0 Å². The van der Waals surface area contributed by atoms with Crippen LogP contribution < -0.4 is 11.3 Å². The molecule has 0 aromatic carbocycles. The summed E-state index contributed by atoms with van der Waals surface area (Å²) in [6, 6.07) is 0.421. The van der Waals surface area contributed by atoms with Crippen molar-refractivity contribution >= 4 is 0 Å². The zero-order valence-corrected chi connectivity index (χ0v) is 10.9. The monoisotopic (exact) mass is 228 g/mol. The Hall–Kier alpha value is -0.120. The lowest BCUT2D eigenvalue weighted by molar-refractivity contribution is 0.00377. The maximum atomic E-state index is 5.76. The number of nitrogens with one attached hydrogen (secondary N) is 1. The molecular formula is C13H28N2O. The van der Waals surface area contributed by atoms with Gasteiger partial charge < -0.3 is 4.74 Å². The third kappa shape index (κ3) is 5.28. The Morgan fingerprint density at radius 3 is 2.81 bits per heavy atom. The maximum Gasteiger partial charge on any atom is 0.0590 e. The third-order valence-electron chi connectivity index (χ3n) is 3.53. The molecule has 1 heterocycles. The molecule has 1 aliphatic rings. The second-order valence-corrected chi connectivity index (χ2v) is 5.22. The summed E-state index contributed by atoms with van der Waals surface area (Å²) < 4.78 is 5.76. The van der Waals surface area contributed by atoms with Gasteiger partial charge in [-0.25, -0.2) is 0 Å². The van der Waals surface area contributed by atoms with Crippen molar-refractivity contribution in [1.29, 1.82) is 0 Å². The molecule has 1 rings (SSSR count). The van der Waals surface area contributed by atoms with Crippen molar-refractivity contribution in [2.24, 2.45) is 11.8 Å². The van der Waals surface area contributed by atoms with Crippen LogP contribution in [0, 0.1) is 5.92 Å².